The molecule has 1 N–H and O–H groups in total. The summed E-state index contributed by atoms with van der Waals surface area (Å²) < 4.78 is 0. The number of rotatable bonds is 4. The summed E-state index contributed by atoms with van der Waals surface area (Å²) in [6.07, 6.45) is 1.96. The van der Waals surface area contributed by atoms with Gasteiger partial charge in [0.2, 0.25) is 0 Å². The molecule has 0 saturated carbocycles. The molecule has 3 rings (SSSR count). The largest absolute Gasteiger partial charge is 0.343 e. The minimum atomic E-state index is -0.0647. The molecule has 0 atom stereocenters. The van der Waals surface area contributed by atoms with E-state index in [9.17, 15) is 4.79 Å². The summed E-state index contributed by atoms with van der Waals surface area (Å²) in [5, 5.41) is 3.79. The zero-order chi connectivity index (χ0) is 15.4. The molecule has 0 saturated heterocycles. The third-order valence-corrected chi connectivity index (χ3v) is 3.84. The molecular weight excluding hydrogens is 292 g/mol. The van der Waals surface area contributed by atoms with Crippen LogP contribution < -0.4 is 5.32 Å². The van der Waals surface area contributed by atoms with Crippen LogP contribution in [0.3, 0.4) is 0 Å². The number of aromatic nitrogens is 1. The third-order valence-electron chi connectivity index (χ3n) is 3.41. The number of para-hydroxylation sites is 1. The maximum absolute atomic E-state index is 12.4. The van der Waals surface area contributed by atoms with E-state index < -0.39 is 0 Å². The Balaban J connectivity index is 2.14. The second kappa shape index (κ2) is 6.62. The van der Waals surface area contributed by atoms with Crippen LogP contribution in [0.2, 0.25) is 0 Å². The van der Waals surface area contributed by atoms with Crippen LogP contribution in [0.25, 0.3) is 22.2 Å². The average molecular weight is 308 g/mol. The number of benzene rings is 2. The number of hydrogen-bond donors (Lipinski definition) is 1. The smallest absolute Gasteiger partial charge is 0.252 e. The number of fused-ring (bicyclic) bond motifs is 1. The van der Waals surface area contributed by atoms with Crippen molar-refractivity contribution in [2.75, 3.05) is 12.1 Å². The zero-order valence-electron chi connectivity index (χ0n) is 12.2. The van der Waals surface area contributed by atoms with Gasteiger partial charge in [-0.25, -0.2) is 4.98 Å². The second-order valence-electron chi connectivity index (χ2n) is 4.88. The Labute approximate surface area is 133 Å². The summed E-state index contributed by atoms with van der Waals surface area (Å²) in [4.78, 5) is 17.1. The van der Waals surface area contributed by atoms with Crippen LogP contribution in [0, 0.1) is 0 Å². The van der Waals surface area contributed by atoms with Crippen molar-refractivity contribution >= 4 is 28.6 Å². The fraction of sp³-hybridized carbons (Fsp3) is 0.111. The molecular formula is C18H16N2OS. The average Bonchev–Trinajstić information content (AvgIpc) is 2.59. The highest BCUT2D eigenvalue weighted by Gasteiger charge is 2.13. The van der Waals surface area contributed by atoms with Gasteiger partial charge < -0.3 is 5.32 Å². The molecule has 3 aromatic rings. The molecule has 0 aliphatic carbocycles. The van der Waals surface area contributed by atoms with Crippen molar-refractivity contribution in [3.63, 3.8) is 0 Å². The van der Waals surface area contributed by atoms with Crippen molar-refractivity contribution in [3.8, 4) is 11.3 Å². The lowest BCUT2D eigenvalue weighted by Crippen LogP contribution is -2.23. The van der Waals surface area contributed by atoms with Gasteiger partial charge >= 0.3 is 0 Å². The number of amides is 1. The number of thioether (sulfide) groups is 1. The number of carbonyl (C=O) groups excluding carboxylic acids is 1. The first-order chi connectivity index (χ1) is 10.8. The van der Waals surface area contributed by atoms with Crippen LogP contribution in [0.15, 0.2) is 60.7 Å². The van der Waals surface area contributed by atoms with E-state index in [1.165, 1.54) is 0 Å². The minimum Gasteiger partial charge on any atom is -0.343 e. The van der Waals surface area contributed by atoms with E-state index in [0.29, 0.717) is 11.4 Å². The predicted octanol–water partition coefficient (Wildman–Crippen LogP) is 3.95. The van der Waals surface area contributed by atoms with Crippen LogP contribution >= 0.6 is 11.8 Å². The second-order valence-corrected chi connectivity index (χ2v) is 5.74. The first-order valence-electron chi connectivity index (χ1n) is 7.02. The molecule has 110 valence electrons. The highest BCUT2D eigenvalue weighted by molar-refractivity contribution is 7.98. The molecule has 1 aromatic heterocycles. The van der Waals surface area contributed by atoms with Crippen molar-refractivity contribution in [2.45, 2.75) is 0 Å². The Morgan fingerprint density at radius 1 is 1.09 bits per heavy atom. The van der Waals surface area contributed by atoms with Gasteiger partial charge in [0, 0.05) is 10.9 Å². The Kier molecular flexibility index (Phi) is 4.39. The highest BCUT2D eigenvalue weighted by Crippen LogP contribution is 2.24. The fourth-order valence-electron chi connectivity index (χ4n) is 2.35. The monoisotopic (exact) mass is 308 g/mol. The zero-order valence-corrected chi connectivity index (χ0v) is 13.1. The predicted molar refractivity (Wildman–Crippen MR) is 93.0 cm³/mol. The van der Waals surface area contributed by atoms with Crippen LogP contribution in [-0.2, 0) is 0 Å². The van der Waals surface area contributed by atoms with Crippen molar-refractivity contribution in [3.05, 3.63) is 66.2 Å². The van der Waals surface area contributed by atoms with Gasteiger partial charge in [-0.1, -0.05) is 48.5 Å². The number of pyridine rings is 1. The Hall–Kier alpha value is -2.33. The Bertz CT molecular complexity index is 803. The molecule has 4 heteroatoms. The van der Waals surface area contributed by atoms with E-state index in [4.69, 9.17) is 0 Å². The van der Waals surface area contributed by atoms with Crippen molar-refractivity contribution in [1.82, 2.24) is 10.3 Å². The maximum atomic E-state index is 12.4. The number of nitrogens with zero attached hydrogens (tertiary/aromatic N) is 1. The Morgan fingerprint density at radius 3 is 2.59 bits per heavy atom. The summed E-state index contributed by atoms with van der Waals surface area (Å²) in [5.74, 6) is 0.529. The van der Waals surface area contributed by atoms with Crippen LogP contribution in [0.5, 0.6) is 0 Å². The number of nitrogens with one attached hydrogen (secondary N) is 1. The van der Waals surface area contributed by atoms with Crippen molar-refractivity contribution < 1.29 is 4.79 Å². The minimum absolute atomic E-state index is 0.0647. The topological polar surface area (TPSA) is 42.0 Å². The van der Waals surface area contributed by atoms with Gasteiger partial charge in [0.15, 0.2) is 0 Å². The van der Waals surface area contributed by atoms with Crippen molar-refractivity contribution in [2.24, 2.45) is 0 Å². The SMILES string of the molecule is CSCNC(=O)c1cc(-c2ccccc2)nc2ccccc12. The van der Waals surface area contributed by atoms with E-state index in [1.54, 1.807) is 11.8 Å². The maximum Gasteiger partial charge on any atom is 0.252 e. The van der Waals surface area contributed by atoms with E-state index >= 15 is 0 Å². The van der Waals surface area contributed by atoms with Crippen LogP contribution in [0.1, 0.15) is 10.4 Å². The standard InChI is InChI=1S/C18H16N2OS/c1-22-12-19-18(21)15-11-17(13-7-3-2-4-8-13)20-16-10-6-5-9-14(15)16/h2-11H,12H2,1H3,(H,19,21). The number of carbonyl (C=O) groups is 1. The molecule has 0 aliphatic heterocycles. The molecule has 0 spiro atoms. The lowest BCUT2D eigenvalue weighted by molar-refractivity contribution is 0.0962. The lowest BCUT2D eigenvalue weighted by Gasteiger charge is -2.10. The van der Waals surface area contributed by atoms with Gasteiger partial charge in [-0.05, 0) is 18.4 Å². The summed E-state index contributed by atoms with van der Waals surface area (Å²) in [7, 11) is 0. The third kappa shape index (κ3) is 2.97. The first-order valence-corrected chi connectivity index (χ1v) is 8.41. The summed E-state index contributed by atoms with van der Waals surface area (Å²) in [6.45, 7) is 0. The Morgan fingerprint density at radius 2 is 1.82 bits per heavy atom. The van der Waals surface area contributed by atoms with Crippen molar-refractivity contribution in [1.29, 1.82) is 0 Å². The molecule has 0 unspecified atom stereocenters. The van der Waals surface area contributed by atoms with Crippen LogP contribution in [-0.4, -0.2) is 23.0 Å². The summed E-state index contributed by atoms with van der Waals surface area (Å²) in [5.41, 5.74) is 3.32. The molecule has 0 radical (unpaired) electrons. The van der Waals surface area contributed by atoms with Gasteiger partial charge in [0.25, 0.3) is 5.91 Å². The van der Waals surface area contributed by atoms with Gasteiger partial charge in [0.05, 0.1) is 22.7 Å². The molecule has 0 fully saturated rings. The highest BCUT2D eigenvalue weighted by atomic mass is 32.2. The molecule has 1 amide bonds. The van der Waals surface area contributed by atoms with Crippen LogP contribution in [0.4, 0.5) is 0 Å². The molecule has 3 nitrogen and oxygen atoms in total. The summed E-state index contributed by atoms with van der Waals surface area (Å²) >= 11 is 1.58. The van der Waals surface area contributed by atoms with Gasteiger partial charge in [-0.3, -0.25) is 4.79 Å². The normalized spacial score (nSPS) is 10.6. The molecule has 0 bridgehead atoms. The van der Waals surface area contributed by atoms with E-state index in [1.807, 2.05) is 66.9 Å². The fourth-order valence-corrected chi connectivity index (χ4v) is 2.63. The number of hydrogen-bond acceptors (Lipinski definition) is 3. The first kappa shape index (κ1) is 14.6. The summed E-state index contributed by atoms with van der Waals surface area (Å²) in [6, 6.07) is 19.5. The molecule has 2 aromatic carbocycles. The van der Waals surface area contributed by atoms with E-state index in [2.05, 4.69) is 10.3 Å². The lowest BCUT2D eigenvalue weighted by atomic mass is 10.0. The van der Waals surface area contributed by atoms with E-state index in [0.717, 1.165) is 22.2 Å². The van der Waals surface area contributed by atoms with Gasteiger partial charge in [-0.2, -0.15) is 0 Å². The van der Waals surface area contributed by atoms with Gasteiger partial charge in [-0.15, -0.1) is 11.8 Å². The van der Waals surface area contributed by atoms with E-state index in [-0.39, 0.29) is 5.91 Å². The quantitative estimate of drug-likeness (QED) is 0.742. The molecule has 0 aliphatic rings. The molecule has 1 heterocycles. The van der Waals surface area contributed by atoms with Gasteiger partial charge in [0.1, 0.15) is 0 Å². The molecule has 22 heavy (non-hydrogen) atoms.